The van der Waals surface area contributed by atoms with Crippen LogP contribution in [-0.4, -0.2) is 93.9 Å². The minimum absolute atomic E-state index is 0. The monoisotopic (exact) mass is 1380 g/mol. The molecule has 0 atom stereocenters. The molecule has 0 amide bonds. The molecule has 5 heterocycles. The number of nitrogens with zero attached hydrogens (tertiary/aromatic N) is 10. The standard InChI is InChI=1S/C22H23FN4O5.C17H20FN3O3.C4H3ClN2O2.C4H4N2O3.I2.K.H3N.H2O/c1-12-25-26-19(32-12)16(29)11-22(2,3)21-24-17(18(30)20(31)27(21)4)15(28)10-7-13-5-8-14(23)9-6-13;1-17(2,19)16-20-13(14(23)15(24)21(16)3)12(22)9-6-10-4-7-11(18)8-5-10;1-2-6-7-4(9-2)3(5)8;1-2-5-6-3(9-2)4(7)8;1-2;;;/h5-6,8-9,30H,7,10-11H2,1-4H3;4-5,7-8,23H,6,9,19H2,1-3H3;1H3;1H3,(H,7,8);;;1H3;1H2/q;;;;;+1;;/p-1. The number of aromatic hydroxyl groups is 2. The van der Waals surface area contributed by atoms with Crippen LogP contribution in [0.4, 0.5) is 8.78 Å². The van der Waals surface area contributed by atoms with Gasteiger partial charge in [0.05, 0.1) is 5.54 Å². The smallest absolute Gasteiger partial charge is 0.540 e. The molecule has 2 aromatic carbocycles. The van der Waals surface area contributed by atoms with Crippen molar-refractivity contribution >= 4 is 77.4 Å². The molecule has 422 valence electrons. The average molecular weight is 1380 g/mol. The largest absolute Gasteiger partial charge is 1.00 e. The fourth-order valence-corrected chi connectivity index (χ4v) is 6.60. The maximum Gasteiger partial charge on any atom is 1.00 e. The van der Waals surface area contributed by atoms with Gasteiger partial charge < -0.3 is 50.7 Å². The van der Waals surface area contributed by atoms with Gasteiger partial charge in [-0.25, -0.2) is 18.7 Å². The van der Waals surface area contributed by atoms with E-state index in [4.69, 9.17) is 21.8 Å². The van der Waals surface area contributed by atoms with Gasteiger partial charge in [0.25, 0.3) is 22.9 Å². The molecule has 0 aliphatic heterocycles. The number of carboxylic acids is 1. The zero-order valence-electron chi connectivity index (χ0n) is 44.2. The van der Waals surface area contributed by atoms with Gasteiger partial charge in [-0.1, -0.05) is 38.1 Å². The second kappa shape index (κ2) is 33.3. The summed E-state index contributed by atoms with van der Waals surface area (Å²) in [5.41, 5.74) is 3.37. The fraction of sp³-hybridized carbons (Fsp3) is 0.340. The van der Waals surface area contributed by atoms with Crippen LogP contribution in [0.15, 0.2) is 71.4 Å². The van der Waals surface area contributed by atoms with Gasteiger partial charge in [0.2, 0.25) is 35.0 Å². The molecule has 0 spiro atoms. The van der Waals surface area contributed by atoms with E-state index >= 15 is 0 Å². The molecule has 7 aromatic rings. The van der Waals surface area contributed by atoms with Gasteiger partial charge in [0.1, 0.15) is 29.3 Å². The maximum absolute atomic E-state index is 13.1. The molecule has 5 aromatic heterocycles. The number of aromatic carboxylic acids is 1. The van der Waals surface area contributed by atoms with Crippen LogP contribution in [-0.2, 0) is 37.9 Å². The minimum atomic E-state index is -1.45. The number of aryl methyl sites for hydroxylation is 5. The van der Waals surface area contributed by atoms with E-state index in [1.54, 1.807) is 65.8 Å². The Morgan fingerprint density at radius 3 is 1.29 bits per heavy atom. The number of carboxylic acid groups (broad SMARTS) is 1. The Bertz CT molecular complexity index is 3260. The molecule has 79 heavy (non-hydrogen) atoms. The summed E-state index contributed by atoms with van der Waals surface area (Å²) >= 11 is 9.22. The number of carbonyl (C=O) groups excluding carboxylic acids is 5. The summed E-state index contributed by atoms with van der Waals surface area (Å²) in [5, 5.41) is 49.9. The molecule has 26 nitrogen and oxygen atoms in total. The van der Waals surface area contributed by atoms with Crippen molar-refractivity contribution in [2.75, 3.05) is 0 Å². The number of Topliss-reactive ketones (excluding diaryl/α,β-unsaturated/α-hetero) is 3. The number of rotatable bonds is 15. The molecule has 0 aliphatic rings. The molecule has 0 saturated heterocycles. The van der Waals surface area contributed by atoms with Crippen LogP contribution < -0.4 is 79.5 Å². The predicted molar refractivity (Wildman–Crippen MR) is 288 cm³/mol. The molecule has 0 aliphatic carbocycles. The number of carbonyl (C=O) groups is 5. The first-order valence-electron chi connectivity index (χ1n) is 21.9. The van der Waals surface area contributed by atoms with Crippen LogP contribution in [0.5, 0.6) is 11.5 Å². The third-order valence-electron chi connectivity index (χ3n) is 10.1. The fourth-order valence-electron chi connectivity index (χ4n) is 6.53. The number of nitrogens with two attached hydrogens (primary N) is 1. The molecule has 0 fully saturated rings. The minimum Gasteiger partial charge on any atom is -0.540 e. The van der Waals surface area contributed by atoms with E-state index in [2.05, 4.69) is 86.6 Å². The third kappa shape index (κ3) is 21.8. The number of aromatic nitrogens is 10. The molecule has 7 rings (SSSR count). The second-order valence-electron chi connectivity index (χ2n) is 17.2. The van der Waals surface area contributed by atoms with Crippen LogP contribution in [0.25, 0.3) is 0 Å². The Morgan fingerprint density at radius 2 is 0.987 bits per heavy atom. The van der Waals surface area contributed by atoms with E-state index in [9.17, 15) is 57.7 Å². The summed E-state index contributed by atoms with van der Waals surface area (Å²) in [6, 6.07) is 11.5. The molecular weight excluding hydrogens is 1320 g/mol. The van der Waals surface area contributed by atoms with Crippen molar-refractivity contribution < 1.29 is 118 Å². The first kappa shape index (κ1) is 73.5. The van der Waals surface area contributed by atoms with Crippen LogP contribution in [0.1, 0.15) is 140 Å². The van der Waals surface area contributed by atoms with Crippen LogP contribution in [0.3, 0.4) is 0 Å². The van der Waals surface area contributed by atoms with E-state index in [1.165, 1.54) is 45.3 Å². The van der Waals surface area contributed by atoms with E-state index in [-0.39, 0.29) is 147 Å². The molecule has 32 heteroatoms. The van der Waals surface area contributed by atoms with Crippen molar-refractivity contribution in [2.45, 2.75) is 91.5 Å². The quantitative estimate of drug-likeness (QED) is 0.0493. The van der Waals surface area contributed by atoms with Gasteiger partial charge in [-0.15, -0.1) is 30.6 Å². The van der Waals surface area contributed by atoms with Gasteiger partial charge in [0, 0.05) is 96.8 Å². The van der Waals surface area contributed by atoms with Crippen molar-refractivity contribution in [3.8, 4) is 11.5 Å². The molecule has 0 unspecified atom stereocenters. The van der Waals surface area contributed by atoms with E-state index < -0.39 is 68.0 Å². The van der Waals surface area contributed by atoms with Crippen molar-refractivity contribution in [1.82, 2.24) is 55.8 Å². The van der Waals surface area contributed by atoms with E-state index in [0.717, 1.165) is 20.3 Å². The molecule has 9 N–H and O–H groups in total. The summed E-state index contributed by atoms with van der Waals surface area (Å²) in [6.07, 6.45) is 0.492. The molecule has 0 saturated carbocycles. The first-order chi connectivity index (χ1) is 35.5. The van der Waals surface area contributed by atoms with Crippen molar-refractivity contribution in [3.05, 3.63) is 150 Å². The van der Waals surface area contributed by atoms with Crippen molar-refractivity contribution in [2.24, 2.45) is 19.8 Å². The molecule has 0 bridgehead atoms. The summed E-state index contributed by atoms with van der Waals surface area (Å²) in [6.45, 7) is 11.3. The zero-order valence-corrected chi connectivity index (χ0v) is 52.4. The normalized spacial score (nSPS) is 10.4. The van der Waals surface area contributed by atoms with Crippen molar-refractivity contribution in [1.29, 1.82) is 0 Å². The Labute approximate surface area is 519 Å². The van der Waals surface area contributed by atoms with Crippen LogP contribution in [0, 0.1) is 32.4 Å². The average Bonchev–Trinajstić information content (AvgIpc) is 4.14. The zero-order chi connectivity index (χ0) is 57.4. The SMILES string of the molecule is Cc1nnc(C(=O)CC(C)(C)c2nc(C(=O)CCc3ccc(F)cc3)c(O)c(=O)n2C)o1.Cc1nnc(C(=O)Cl)o1.Cc1nnc(C(=O)[O-])o1.Cn1c(C(C)(C)N)nc(C(=O)CCc2ccc(F)cc2)c(O)c1=O.II.N.O.[K+]. The Balaban J connectivity index is 0.00000113. The number of halogens is 5. The maximum atomic E-state index is 13.1. The van der Waals surface area contributed by atoms with Gasteiger partial charge in [-0.05, 0) is 73.7 Å². The third-order valence-corrected chi connectivity index (χ3v) is 10.3. The summed E-state index contributed by atoms with van der Waals surface area (Å²) in [7, 11) is 2.84. The van der Waals surface area contributed by atoms with Gasteiger partial charge >= 0.3 is 62.5 Å². The second-order valence-corrected chi connectivity index (χ2v) is 17.6. The van der Waals surface area contributed by atoms with Crippen LogP contribution >= 0.6 is 48.8 Å². The molecular formula is C47H54ClF2I2KN12O14. The molecule has 0 radical (unpaired) electrons. The van der Waals surface area contributed by atoms with Crippen molar-refractivity contribution in [3.63, 3.8) is 0 Å². The predicted octanol–water partition coefficient (Wildman–Crippen LogP) is 1.93. The Morgan fingerprint density at radius 1 is 0.646 bits per heavy atom. The van der Waals surface area contributed by atoms with E-state index in [1.807, 2.05) is 0 Å². The summed E-state index contributed by atoms with van der Waals surface area (Å²) < 4.78 is 42.4. The van der Waals surface area contributed by atoms with Gasteiger partial charge in [-0.3, -0.25) is 37.9 Å². The first-order valence-corrected chi connectivity index (χ1v) is 28.6. The number of hydrogen-bond acceptors (Lipinski definition) is 23. The van der Waals surface area contributed by atoms with Crippen LogP contribution in [0.2, 0.25) is 0 Å². The number of hydrogen-bond donors (Lipinski definition) is 4. The number of ketones is 3. The topological polar surface area (TPSA) is 428 Å². The van der Waals surface area contributed by atoms with Gasteiger partial charge in [0.15, 0.2) is 23.0 Å². The number of benzene rings is 2. The van der Waals surface area contributed by atoms with E-state index in [0.29, 0.717) is 12.3 Å². The summed E-state index contributed by atoms with van der Waals surface area (Å²) in [5.74, 6) is -4.73. The Hall–Kier alpha value is -5.50. The summed E-state index contributed by atoms with van der Waals surface area (Å²) in [4.78, 5) is 90.9. The Kier molecular flexibility index (Phi) is 31.0. The van der Waals surface area contributed by atoms with Gasteiger partial charge in [-0.2, -0.15) is 0 Å².